The van der Waals surface area contributed by atoms with E-state index in [0.29, 0.717) is 11.1 Å². The lowest BCUT2D eigenvalue weighted by Crippen LogP contribution is -1.99. The first-order valence-corrected chi connectivity index (χ1v) is 15.9. The second kappa shape index (κ2) is 10.9. The first-order valence-electron chi connectivity index (χ1n) is 15.9. The SMILES string of the molecule is N#Cc1ccc2c3ccccc3n(-c3cccc(-c4cccc(-c5c(C#N)cccc5-n5c6ccccc6c6ccccc65)c4)c3)c2c1. The number of para-hydroxylation sites is 3. The first-order chi connectivity index (χ1) is 23.7. The zero-order valence-electron chi connectivity index (χ0n) is 25.8. The number of hydrogen-bond donors (Lipinski definition) is 0. The molecule has 2 heterocycles. The lowest BCUT2D eigenvalue weighted by atomic mass is 9.94. The van der Waals surface area contributed by atoms with Crippen LogP contribution in [0.25, 0.3) is 77.2 Å². The van der Waals surface area contributed by atoms with Crippen LogP contribution < -0.4 is 0 Å². The summed E-state index contributed by atoms with van der Waals surface area (Å²) >= 11 is 0. The molecule has 0 aliphatic heterocycles. The lowest BCUT2D eigenvalue weighted by Gasteiger charge is -2.16. The van der Waals surface area contributed by atoms with Gasteiger partial charge in [-0.3, -0.25) is 0 Å². The third-order valence-corrected chi connectivity index (χ3v) is 9.38. The fourth-order valence-corrected chi connectivity index (χ4v) is 7.30. The average Bonchev–Trinajstić information content (AvgIpc) is 3.67. The summed E-state index contributed by atoms with van der Waals surface area (Å²) < 4.78 is 4.52. The Morgan fingerprint density at radius 3 is 1.62 bits per heavy atom. The molecule has 0 atom stereocenters. The molecule has 0 saturated carbocycles. The van der Waals surface area contributed by atoms with E-state index in [9.17, 15) is 10.5 Å². The Morgan fingerprint density at radius 2 is 0.958 bits per heavy atom. The molecule has 0 radical (unpaired) electrons. The van der Waals surface area contributed by atoms with Crippen molar-refractivity contribution >= 4 is 43.6 Å². The van der Waals surface area contributed by atoms with Crippen LogP contribution in [-0.2, 0) is 0 Å². The second-order valence-corrected chi connectivity index (χ2v) is 12.0. The van der Waals surface area contributed by atoms with E-state index in [2.05, 4.69) is 149 Å². The zero-order chi connectivity index (χ0) is 32.2. The fraction of sp³-hybridized carbons (Fsp3) is 0. The number of rotatable bonds is 4. The van der Waals surface area contributed by atoms with Crippen molar-refractivity contribution in [1.29, 1.82) is 10.5 Å². The molecule has 4 nitrogen and oxygen atoms in total. The number of nitriles is 2. The molecular weight excluding hydrogens is 585 g/mol. The summed E-state index contributed by atoms with van der Waals surface area (Å²) in [5.74, 6) is 0. The van der Waals surface area contributed by atoms with Crippen LogP contribution in [0.4, 0.5) is 0 Å². The third-order valence-electron chi connectivity index (χ3n) is 9.38. The molecule has 2 aromatic heterocycles. The summed E-state index contributed by atoms with van der Waals surface area (Å²) in [5.41, 5.74) is 11.5. The van der Waals surface area contributed by atoms with Gasteiger partial charge in [0.05, 0.1) is 51.0 Å². The quantitative estimate of drug-likeness (QED) is 0.199. The van der Waals surface area contributed by atoms with Crippen molar-refractivity contribution in [1.82, 2.24) is 9.13 Å². The van der Waals surface area contributed by atoms with Crippen LogP contribution >= 0.6 is 0 Å². The van der Waals surface area contributed by atoms with Crippen molar-refractivity contribution in [3.8, 4) is 45.8 Å². The molecule has 9 aromatic rings. The highest BCUT2D eigenvalue weighted by molar-refractivity contribution is 6.11. The van der Waals surface area contributed by atoms with Crippen molar-refractivity contribution in [3.05, 3.63) is 169 Å². The molecule has 9 rings (SSSR count). The molecule has 4 heteroatoms. The molecular formula is C44H26N4. The Balaban J connectivity index is 1.23. The highest BCUT2D eigenvalue weighted by atomic mass is 15.0. The van der Waals surface area contributed by atoms with Gasteiger partial charge in [-0.2, -0.15) is 10.5 Å². The zero-order valence-corrected chi connectivity index (χ0v) is 25.8. The number of benzene rings is 7. The van der Waals surface area contributed by atoms with Crippen LogP contribution in [0.1, 0.15) is 11.1 Å². The minimum Gasteiger partial charge on any atom is -0.309 e. The number of aromatic nitrogens is 2. The van der Waals surface area contributed by atoms with E-state index in [-0.39, 0.29) is 0 Å². The van der Waals surface area contributed by atoms with E-state index in [4.69, 9.17) is 0 Å². The van der Waals surface area contributed by atoms with Gasteiger partial charge in [0.25, 0.3) is 0 Å². The van der Waals surface area contributed by atoms with Crippen LogP contribution in [-0.4, -0.2) is 9.13 Å². The van der Waals surface area contributed by atoms with Gasteiger partial charge >= 0.3 is 0 Å². The lowest BCUT2D eigenvalue weighted by molar-refractivity contribution is 1.18. The molecule has 0 unspecified atom stereocenters. The fourth-order valence-electron chi connectivity index (χ4n) is 7.30. The van der Waals surface area contributed by atoms with Gasteiger partial charge in [0.15, 0.2) is 0 Å². The van der Waals surface area contributed by atoms with Crippen molar-refractivity contribution in [3.63, 3.8) is 0 Å². The third kappa shape index (κ3) is 4.14. The predicted octanol–water partition coefficient (Wildman–Crippen LogP) is 11.0. The Kier molecular flexibility index (Phi) is 6.22. The van der Waals surface area contributed by atoms with Gasteiger partial charge in [-0.15, -0.1) is 0 Å². The summed E-state index contributed by atoms with van der Waals surface area (Å²) in [4.78, 5) is 0. The van der Waals surface area contributed by atoms with Gasteiger partial charge in [0.2, 0.25) is 0 Å². The highest BCUT2D eigenvalue weighted by Crippen LogP contribution is 2.39. The van der Waals surface area contributed by atoms with E-state index in [1.807, 2.05) is 30.3 Å². The van der Waals surface area contributed by atoms with Crippen LogP contribution in [0.15, 0.2) is 158 Å². The summed E-state index contributed by atoms with van der Waals surface area (Å²) in [6, 6.07) is 58.9. The van der Waals surface area contributed by atoms with Crippen molar-refractivity contribution in [2.45, 2.75) is 0 Å². The van der Waals surface area contributed by atoms with Crippen molar-refractivity contribution in [2.24, 2.45) is 0 Å². The largest absolute Gasteiger partial charge is 0.309 e. The molecule has 0 aliphatic carbocycles. The van der Waals surface area contributed by atoms with E-state index < -0.39 is 0 Å². The second-order valence-electron chi connectivity index (χ2n) is 12.0. The maximum Gasteiger partial charge on any atom is 0.0998 e. The molecule has 7 aromatic carbocycles. The normalized spacial score (nSPS) is 11.3. The van der Waals surface area contributed by atoms with Gasteiger partial charge in [0.1, 0.15) is 0 Å². The first kappa shape index (κ1) is 27.4. The molecule has 0 amide bonds. The number of hydrogen-bond acceptors (Lipinski definition) is 2. The molecule has 0 saturated heterocycles. The molecule has 0 fully saturated rings. The monoisotopic (exact) mass is 610 g/mol. The summed E-state index contributed by atoms with van der Waals surface area (Å²) in [6.07, 6.45) is 0. The maximum atomic E-state index is 10.4. The Morgan fingerprint density at radius 1 is 0.396 bits per heavy atom. The van der Waals surface area contributed by atoms with E-state index >= 15 is 0 Å². The van der Waals surface area contributed by atoms with Crippen molar-refractivity contribution < 1.29 is 0 Å². The predicted molar refractivity (Wildman–Crippen MR) is 195 cm³/mol. The smallest absolute Gasteiger partial charge is 0.0998 e. The summed E-state index contributed by atoms with van der Waals surface area (Å²) in [5, 5.41) is 24.7. The maximum absolute atomic E-state index is 10.4. The Labute approximate surface area is 277 Å². The summed E-state index contributed by atoms with van der Waals surface area (Å²) in [6.45, 7) is 0. The minimum atomic E-state index is 0.624. The van der Waals surface area contributed by atoms with Crippen molar-refractivity contribution in [2.75, 3.05) is 0 Å². The average molecular weight is 611 g/mol. The van der Waals surface area contributed by atoms with E-state index in [1.165, 1.54) is 10.8 Å². The number of fused-ring (bicyclic) bond motifs is 6. The van der Waals surface area contributed by atoms with E-state index in [0.717, 1.165) is 66.5 Å². The molecule has 0 aliphatic rings. The molecule has 0 N–H and O–H groups in total. The minimum absolute atomic E-state index is 0.624. The summed E-state index contributed by atoms with van der Waals surface area (Å²) in [7, 11) is 0. The van der Waals surface area contributed by atoms with Crippen LogP contribution in [0.3, 0.4) is 0 Å². The van der Waals surface area contributed by atoms with Gasteiger partial charge in [-0.25, -0.2) is 0 Å². The van der Waals surface area contributed by atoms with Crippen LogP contribution in [0, 0.1) is 22.7 Å². The highest BCUT2D eigenvalue weighted by Gasteiger charge is 2.19. The van der Waals surface area contributed by atoms with E-state index in [1.54, 1.807) is 0 Å². The van der Waals surface area contributed by atoms with Gasteiger partial charge in [0, 0.05) is 32.8 Å². The van der Waals surface area contributed by atoms with Crippen LogP contribution in [0.5, 0.6) is 0 Å². The van der Waals surface area contributed by atoms with Gasteiger partial charge in [-0.05, 0) is 77.4 Å². The molecule has 48 heavy (non-hydrogen) atoms. The molecule has 222 valence electrons. The molecule has 0 spiro atoms. The Hall–Kier alpha value is -6.88. The van der Waals surface area contributed by atoms with Crippen LogP contribution in [0.2, 0.25) is 0 Å². The molecule has 0 bridgehead atoms. The standard InChI is InChI=1S/C44H26N4/c45-27-29-22-23-38-37-17-1-4-18-39(37)47(43(38)24-29)34-14-8-11-31(26-34)30-10-7-12-32(25-30)44-33(28-46)13-9-21-42(44)48-40-19-5-2-15-35(40)36-16-3-6-20-41(36)48/h1-26H. The Bertz CT molecular complexity index is 2760. The van der Waals surface area contributed by atoms with Gasteiger partial charge < -0.3 is 9.13 Å². The van der Waals surface area contributed by atoms with Gasteiger partial charge in [-0.1, -0.05) is 97.1 Å². The number of nitrogens with zero attached hydrogens (tertiary/aromatic N) is 4. The topological polar surface area (TPSA) is 57.4 Å².